The van der Waals surface area contributed by atoms with Crippen LogP contribution in [0.15, 0.2) is 24.3 Å². The van der Waals surface area contributed by atoms with Gasteiger partial charge in [-0.05, 0) is 33.8 Å². The Morgan fingerprint density at radius 2 is 2.00 bits per heavy atom. The highest BCUT2D eigenvalue weighted by Gasteiger charge is 2.39. The van der Waals surface area contributed by atoms with Crippen LogP contribution in [0.5, 0.6) is 5.75 Å². The molecule has 2 aliphatic rings. The van der Waals surface area contributed by atoms with E-state index in [1.165, 1.54) is 5.56 Å². The molecule has 1 saturated heterocycles. The van der Waals surface area contributed by atoms with Crippen molar-refractivity contribution in [2.24, 2.45) is 0 Å². The molecule has 0 saturated carbocycles. The Kier molecular flexibility index (Phi) is 3.51. The SMILES string of the molecule is CC1CN(C2CC(C)(C)Oc3ccccc32)C(C)CN1. The van der Waals surface area contributed by atoms with Crippen LogP contribution in [0.25, 0.3) is 0 Å². The summed E-state index contributed by atoms with van der Waals surface area (Å²) in [5, 5.41) is 3.57. The Hall–Kier alpha value is -1.06. The molecule has 1 fully saturated rings. The lowest BCUT2D eigenvalue weighted by Crippen LogP contribution is -2.56. The van der Waals surface area contributed by atoms with Crippen LogP contribution in [0.3, 0.4) is 0 Å². The standard InChI is InChI=1S/C17H26N2O/c1-12-11-19(13(2)10-18-12)15-9-17(3,4)20-16-8-6-5-7-14(15)16/h5-8,12-13,15,18H,9-11H2,1-4H3. The average molecular weight is 274 g/mol. The number of nitrogens with one attached hydrogen (secondary N) is 1. The normalized spacial score (nSPS) is 33.3. The third-order valence-corrected chi connectivity index (χ3v) is 4.56. The maximum absolute atomic E-state index is 6.16. The van der Waals surface area contributed by atoms with E-state index in [4.69, 9.17) is 4.74 Å². The van der Waals surface area contributed by atoms with Crippen LogP contribution >= 0.6 is 0 Å². The number of nitrogens with zero attached hydrogens (tertiary/aromatic N) is 1. The summed E-state index contributed by atoms with van der Waals surface area (Å²) in [4.78, 5) is 2.66. The summed E-state index contributed by atoms with van der Waals surface area (Å²) in [6.45, 7) is 11.2. The Labute approximate surface area is 122 Å². The molecule has 3 unspecified atom stereocenters. The molecule has 3 heteroatoms. The zero-order valence-electron chi connectivity index (χ0n) is 13.0. The molecule has 0 spiro atoms. The van der Waals surface area contributed by atoms with Gasteiger partial charge in [-0.2, -0.15) is 0 Å². The molecule has 0 radical (unpaired) electrons. The molecule has 2 heterocycles. The van der Waals surface area contributed by atoms with Crippen LogP contribution in [-0.2, 0) is 0 Å². The lowest BCUT2D eigenvalue weighted by atomic mass is 9.87. The predicted octanol–water partition coefficient (Wildman–Crippen LogP) is 2.97. The predicted molar refractivity (Wildman–Crippen MR) is 82.1 cm³/mol. The highest BCUT2D eigenvalue weighted by atomic mass is 16.5. The molecule has 1 N–H and O–H groups in total. The van der Waals surface area contributed by atoms with Gasteiger partial charge in [-0.15, -0.1) is 0 Å². The minimum absolute atomic E-state index is 0.0904. The molecule has 3 nitrogen and oxygen atoms in total. The average Bonchev–Trinajstić information content (AvgIpc) is 2.39. The fourth-order valence-electron chi connectivity index (χ4n) is 3.54. The van der Waals surface area contributed by atoms with Gasteiger partial charge in [0.1, 0.15) is 11.4 Å². The van der Waals surface area contributed by atoms with Crippen molar-refractivity contribution in [3.8, 4) is 5.75 Å². The second-order valence-electron chi connectivity index (χ2n) is 6.97. The van der Waals surface area contributed by atoms with Crippen LogP contribution in [0, 0.1) is 0 Å². The van der Waals surface area contributed by atoms with Crippen molar-refractivity contribution >= 4 is 0 Å². The third-order valence-electron chi connectivity index (χ3n) is 4.56. The Morgan fingerprint density at radius 3 is 2.80 bits per heavy atom. The van der Waals surface area contributed by atoms with Gasteiger partial charge >= 0.3 is 0 Å². The maximum atomic E-state index is 6.16. The van der Waals surface area contributed by atoms with Gasteiger partial charge in [0.05, 0.1) is 0 Å². The monoisotopic (exact) mass is 274 g/mol. The number of para-hydroxylation sites is 1. The molecule has 2 aliphatic heterocycles. The summed E-state index contributed by atoms with van der Waals surface area (Å²) in [6, 6.07) is 10.1. The first-order valence-corrected chi connectivity index (χ1v) is 7.73. The molecule has 0 aliphatic carbocycles. The van der Waals surface area contributed by atoms with Crippen LogP contribution < -0.4 is 10.1 Å². The van der Waals surface area contributed by atoms with E-state index in [2.05, 4.69) is 62.2 Å². The van der Waals surface area contributed by atoms with Gasteiger partial charge in [-0.1, -0.05) is 18.2 Å². The van der Waals surface area contributed by atoms with Crippen molar-refractivity contribution in [3.05, 3.63) is 29.8 Å². The number of fused-ring (bicyclic) bond motifs is 1. The summed E-state index contributed by atoms with van der Waals surface area (Å²) in [6.07, 6.45) is 1.06. The molecule has 0 amide bonds. The molecular formula is C17H26N2O. The van der Waals surface area contributed by atoms with Gasteiger partial charge in [-0.3, -0.25) is 4.90 Å². The number of piperazine rings is 1. The van der Waals surface area contributed by atoms with Crippen LogP contribution in [0.1, 0.15) is 45.7 Å². The van der Waals surface area contributed by atoms with Gasteiger partial charge in [-0.25, -0.2) is 0 Å². The minimum atomic E-state index is -0.0904. The summed E-state index contributed by atoms with van der Waals surface area (Å²) in [7, 11) is 0. The van der Waals surface area contributed by atoms with E-state index in [9.17, 15) is 0 Å². The Balaban J connectivity index is 1.95. The largest absolute Gasteiger partial charge is 0.487 e. The first kappa shape index (κ1) is 13.9. The molecule has 20 heavy (non-hydrogen) atoms. The zero-order valence-corrected chi connectivity index (χ0v) is 13.0. The van der Waals surface area contributed by atoms with E-state index in [0.29, 0.717) is 18.1 Å². The van der Waals surface area contributed by atoms with Crippen molar-refractivity contribution in [3.63, 3.8) is 0 Å². The van der Waals surface area contributed by atoms with Crippen LogP contribution in [0.4, 0.5) is 0 Å². The first-order chi connectivity index (χ1) is 9.46. The first-order valence-electron chi connectivity index (χ1n) is 7.73. The fraction of sp³-hybridized carbons (Fsp3) is 0.647. The van der Waals surface area contributed by atoms with Crippen molar-refractivity contribution in [2.75, 3.05) is 13.1 Å². The molecule has 110 valence electrons. The Morgan fingerprint density at radius 1 is 1.25 bits per heavy atom. The van der Waals surface area contributed by atoms with Gasteiger partial charge in [0.2, 0.25) is 0 Å². The van der Waals surface area contributed by atoms with Gasteiger partial charge < -0.3 is 10.1 Å². The van der Waals surface area contributed by atoms with Crippen molar-refractivity contribution in [1.82, 2.24) is 10.2 Å². The second kappa shape index (κ2) is 5.05. The summed E-state index contributed by atoms with van der Waals surface area (Å²) < 4.78 is 6.16. The van der Waals surface area contributed by atoms with Crippen molar-refractivity contribution in [1.29, 1.82) is 0 Å². The summed E-state index contributed by atoms with van der Waals surface area (Å²) >= 11 is 0. The summed E-state index contributed by atoms with van der Waals surface area (Å²) in [5.74, 6) is 1.06. The van der Waals surface area contributed by atoms with E-state index in [1.807, 2.05) is 0 Å². The highest BCUT2D eigenvalue weighted by Crippen LogP contribution is 2.43. The molecule has 1 aromatic carbocycles. The zero-order chi connectivity index (χ0) is 14.3. The van der Waals surface area contributed by atoms with Gasteiger partial charge in [0.15, 0.2) is 0 Å². The molecule has 0 bridgehead atoms. The third kappa shape index (κ3) is 2.57. The van der Waals surface area contributed by atoms with Crippen LogP contribution in [-0.4, -0.2) is 35.7 Å². The van der Waals surface area contributed by atoms with Gasteiger partial charge in [0, 0.05) is 43.2 Å². The maximum Gasteiger partial charge on any atom is 0.124 e. The number of rotatable bonds is 1. The quantitative estimate of drug-likeness (QED) is 0.852. The van der Waals surface area contributed by atoms with E-state index in [1.54, 1.807) is 0 Å². The van der Waals surface area contributed by atoms with Crippen LogP contribution in [0.2, 0.25) is 0 Å². The molecular weight excluding hydrogens is 248 g/mol. The van der Waals surface area contributed by atoms with E-state index in [-0.39, 0.29) is 5.60 Å². The Bertz CT molecular complexity index is 486. The topological polar surface area (TPSA) is 24.5 Å². The van der Waals surface area contributed by atoms with Gasteiger partial charge in [0.25, 0.3) is 0 Å². The van der Waals surface area contributed by atoms with E-state index in [0.717, 1.165) is 25.3 Å². The highest BCUT2D eigenvalue weighted by molar-refractivity contribution is 5.39. The smallest absolute Gasteiger partial charge is 0.124 e. The number of hydrogen-bond donors (Lipinski definition) is 1. The van der Waals surface area contributed by atoms with Crippen molar-refractivity contribution < 1.29 is 4.74 Å². The molecule has 3 atom stereocenters. The van der Waals surface area contributed by atoms with E-state index < -0.39 is 0 Å². The molecule has 0 aromatic heterocycles. The number of ether oxygens (including phenoxy) is 1. The summed E-state index contributed by atoms with van der Waals surface area (Å²) in [5.41, 5.74) is 1.26. The number of benzene rings is 1. The number of hydrogen-bond acceptors (Lipinski definition) is 3. The lowest BCUT2D eigenvalue weighted by molar-refractivity contribution is 0.00436. The van der Waals surface area contributed by atoms with E-state index >= 15 is 0 Å². The molecule has 1 aromatic rings. The van der Waals surface area contributed by atoms with Crippen molar-refractivity contribution in [2.45, 2.75) is 57.8 Å². The fourth-order valence-corrected chi connectivity index (χ4v) is 3.54. The second-order valence-corrected chi connectivity index (χ2v) is 6.97. The molecule has 3 rings (SSSR count). The lowest BCUT2D eigenvalue weighted by Gasteiger charge is -2.47. The minimum Gasteiger partial charge on any atom is -0.487 e.